The molecule has 2 rings (SSSR count). The van der Waals surface area contributed by atoms with Crippen LogP contribution in [0.25, 0.3) is 5.69 Å². The van der Waals surface area contributed by atoms with Crippen LogP contribution < -0.4 is 4.74 Å². The minimum atomic E-state index is -0.998. The molecule has 19 heavy (non-hydrogen) atoms. The molecule has 6 heteroatoms. The van der Waals surface area contributed by atoms with Gasteiger partial charge in [-0.2, -0.15) is 5.10 Å². The molecule has 0 unspecified atom stereocenters. The standard InChI is InChI=1S/C13H13ClN2O3/c1-7-12(13(17)18)8(2)16(15-7)10-6-9(14)4-5-11(10)19-3/h4-6H,1-3H3,(H,17,18). The lowest BCUT2D eigenvalue weighted by atomic mass is 10.2. The highest BCUT2D eigenvalue weighted by Gasteiger charge is 2.20. The molecule has 0 bridgehead atoms. The van der Waals surface area contributed by atoms with Crippen molar-refractivity contribution in [3.63, 3.8) is 0 Å². The summed E-state index contributed by atoms with van der Waals surface area (Å²) in [5.41, 5.74) is 1.79. The number of benzene rings is 1. The zero-order valence-electron chi connectivity index (χ0n) is 10.8. The molecule has 0 fully saturated rings. The van der Waals surface area contributed by atoms with E-state index in [4.69, 9.17) is 16.3 Å². The van der Waals surface area contributed by atoms with Crippen LogP contribution in [-0.2, 0) is 0 Å². The molecule has 0 saturated carbocycles. The Kier molecular flexibility index (Phi) is 3.48. The number of ether oxygens (including phenoxy) is 1. The average Bonchev–Trinajstić information content (AvgIpc) is 2.64. The van der Waals surface area contributed by atoms with Crippen molar-refractivity contribution in [1.29, 1.82) is 0 Å². The first-order chi connectivity index (χ1) is 8.95. The molecule has 1 aromatic carbocycles. The van der Waals surface area contributed by atoms with Gasteiger partial charge in [-0.15, -0.1) is 0 Å². The maximum atomic E-state index is 11.2. The van der Waals surface area contributed by atoms with Crippen LogP contribution in [0, 0.1) is 13.8 Å². The van der Waals surface area contributed by atoms with Crippen LogP contribution in [0.1, 0.15) is 21.7 Å². The SMILES string of the molecule is COc1ccc(Cl)cc1-n1nc(C)c(C(=O)O)c1C. The van der Waals surface area contributed by atoms with Gasteiger partial charge >= 0.3 is 5.97 Å². The van der Waals surface area contributed by atoms with Crippen LogP contribution in [0.15, 0.2) is 18.2 Å². The van der Waals surface area contributed by atoms with Crippen molar-refractivity contribution in [3.8, 4) is 11.4 Å². The van der Waals surface area contributed by atoms with Gasteiger partial charge in [0.1, 0.15) is 17.0 Å². The third-order valence-corrected chi connectivity index (χ3v) is 3.11. The van der Waals surface area contributed by atoms with Gasteiger partial charge in [-0.3, -0.25) is 0 Å². The van der Waals surface area contributed by atoms with Crippen molar-refractivity contribution < 1.29 is 14.6 Å². The van der Waals surface area contributed by atoms with E-state index in [-0.39, 0.29) is 5.56 Å². The first-order valence-corrected chi connectivity index (χ1v) is 5.97. The summed E-state index contributed by atoms with van der Waals surface area (Å²) in [4.78, 5) is 11.2. The number of carboxylic acid groups (broad SMARTS) is 1. The molecule has 0 saturated heterocycles. The second kappa shape index (κ2) is 4.93. The summed E-state index contributed by atoms with van der Waals surface area (Å²) in [6, 6.07) is 5.10. The van der Waals surface area contributed by atoms with Gasteiger partial charge in [-0.25, -0.2) is 9.48 Å². The largest absolute Gasteiger partial charge is 0.494 e. The minimum Gasteiger partial charge on any atom is -0.494 e. The van der Waals surface area contributed by atoms with E-state index in [2.05, 4.69) is 5.10 Å². The third-order valence-electron chi connectivity index (χ3n) is 2.87. The zero-order valence-corrected chi connectivity index (χ0v) is 11.5. The van der Waals surface area contributed by atoms with Gasteiger partial charge in [-0.1, -0.05) is 11.6 Å². The van der Waals surface area contributed by atoms with E-state index in [1.165, 1.54) is 11.8 Å². The van der Waals surface area contributed by atoms with Gasteiger partial charge < -0.3 is 9.84 Å². The number of aromatic carboxylic acids is 1. The number of hydrogen-bond donors (Lipinski definition) is 1. The van der Waals surface area contributed by atoms with Gasteiger partial charge in [-0.05, 0) is 32.0 Å². The molecule has 1 N–H and O–H groups in total. The number of aromatic nitrogens is 2. The maximum Gasteiger partial charge on any atom is 0.339 e. The van der Waals surface area contributed by atoms with Crippen molar-refractivity contribution in [2.24, 2.45) is 0 Å². The van der Waals surface area contributed by atoms with Crippen LogP contribution in [-0.4, -0.2) is 28.0 Å². The molecular formula is C13H13ClN2O3. The first kappa shape index (κ1) is 13.4. The molecule has 0 spiro atoms. The topological polar surface area (TPSA) is 64.4 Å². The van der Waals surface area contributed by atoms with E-state index in [9.17, 15) is 9.90 Å². The Morgan fingerprint density at radius 1 is 1.42 bits per heavy atom. The first-order valence-electron chi connectivity index (χ1n) is 5.59. The summed E-state index contributed by atoms with van der Waals surface area (Å²) in [6.07, 6.45) is 0. The van der Waals surface area contributed by atoms with Crippen LogP contribution in [0.4, 0.5) is 0 Å². The van der Waals surface area contributed by atoms with E-state index in [0.717, 1.165) is 0 Å². The van der Waals surface area contributed by atoms with E-state index in [1.807, 2.05) is 0 Å². The van der Waals surface area contributed by atoms with Crippen LogP contribution in [0.2, 0.25) is 5.02 Å². The number of carbonyl (C=O) groups is 1. The van der Waals surface area contributed by atoms with E-state index in [1.54, 1.807) is 32.0 Å². The number of halogens is 1. The van der Waals surface area contributed by atoms with Crippen molar-refractivity contribution in [3.05, 3.63) is 40.2 Å². The quantitative estimate of drug-likeness (QED) is 0.939. The Morgan fingerprint density at radius 3 is 2.63 bits per heavy atom. The molecule has 0 aliphatic rings. The zero-order chi connectivity index (χ0) is 14.2. The molecule has 0 aliphatic heterocycles. The Balaban J connectivity index is 2.69. The van der Waals surface area contributed by atoms with Gasteiger partial charge in [0.2, 0.25) is 0 Å². The summed E-state index contributed by atoms with van der Waals surface area (Å²) in [6.45, 7) is 3.35. The molecule has 0 radical (unpaired) electrons. The van der Waals surface area contributed by atoms with Gasteiger partial charge in [0.05, 0.1) is 18.5 Å². The van der Waals surface area contributed by atoms with Crippen molar-refractivity contribution in [2.75, 3.05) is 7.11 Å². The number of rotatable bonds is 3. The van der Waals surface area contributed by atoms with Crippen molar-refractivity contribution in [2.45, 2.75) is 13.8 Å². The normalized spacial score (nSPS) is 10.5. The van der Waals surface area contributed by atoms with Gasteiger partial charge in [0.15, 0.2) is 0 Å². The lowest BCUT2D eigenvalue weighted by Gasteiger charge is -2.10. The summed E-state index contributed by atoms with van der Waals surface area (Å²) in [5.74, 6) is -0.422. The Bertz CT molecular complexity index is 650. The maximum absolute atomic E-state index is 11.2. The monoisotopic (exact) mass is 280 g/mol. The average molecular weight is 281 g/mol. The molecule has 1 aromatic heterocycles. The number of carboxylic acids is 1. The highest BCUT2D eigenvalue weighted by Crippen LogP contribution is 2.28. The van der Waals surface area contributed by atoms with Crippen LogP contribution >= 0.6 is 11.6 Å². The van der Waals surface area contributed by atoms with Crippen molar-refractivity contribution in [1.82, 2.24) is 9.78 Å². The van der Waals surface area contributed by atoms with E-state index < -0.39 is 5.97 Å². The number of methoxy groups -OCH3 is 1. The fourth-order valence-electron chi connectivity index (χ4n) is 2.02. The van der Waals surface area contributed by atoms with E-state index in [0.29, 0.717) is 27.8 Å². The van der Waals surface area contributed by atoms with Crippen molar-refractivity contribution >= 4 is 17.6 Å². The third kappa shape index (κ3) is 2.29. The summed E-state index contributed by atoms with van der Waals surface area (Å²) < 4.78 is 6.78. The lowest BCUT2D eigenvalue weighted by molar-refractivity contribution is 0.0695. The predicted molar refractivity (Wildman–Crippen MR) is 71.6 cm³/mol. The Labute approximate surface area is 115 Å². The van der Waals surface area contributed by atoms with Crippen LogP contribution in [0.3, 0.4) is 0 Å². The highest BCUT2D eigenvalue weighted by atomic mass is 35.5. The summed E-state index contributed by atoms with van der Waals surface area (Å²) >= 11 is 5.97. The summed E-state index contributed by atoms with van der Waals surface area (Å²) in [7, 11) is 1.54. The number of nitrogens with zero attached hydrogens (tertiary/aromatic N) is 2. The minimum absolute atomic E-state index is 0.196. The highest BCUT2D eigenvalue weighted by molar-refractivity contribution is 6.30. The fraction of sp³-hybridized carbons (Fsp3) is 0.231. The Morgan fingerprint density at radius 2 is 2.11 bits per heavy atom. The molecule has 5 nitrogen and oxygen atoms in total. The second-order valence-corrected chi connectivity index (χ2v) is 4.52. The summed E-state index contributed by atoms with van der Waals surface area (Å²) in [5, 5.41) is 14.0. The predicted octanol–water partition coefficient (Wildman–Crippen LogP) is 2.85. The molecule has 100 valence electrons. The Hall–Kier alpha value is -2.01. The number of aryl methyl sites for hydroxylation is 1. The molecule has 0 aliphatic carbocycles. The lowest BCUT2D eigenvalue weighted by Crippen LogP contribution is -2.04. The number of hydrogen-bond acceptors (Lipinski definition) is 3. The van der Waals surface area contributed by atoms with Gasteiger partial charge in [0.25, 0.3) is 0 Å². The second-order valence-electron chi connectivity index (χ2n) is 4.08. The molecule has 1 heterocycles. The molecule has 2 aromatic rings. The van der Waals surface area contributed by atoms with Gasteiger partial charge in [0, 0.05) is 5.02 Å². The smallest absolute Gasteiger partial charge is 0.339 e. The fourth-order valence-corrected chi connectivity index (χ4v) is 2.18. The molecular weight excluding hydrogens is 268 g/mol. The molecule has 0 amide bonds. The van der Waals surface area contributed by atoms with Crippen LogP contribution in [0.5, 0.6) is 5.75 Å². The molecule has 0 atom stereocenters. The van der Waals surface area contributed by atoms with E-state index >= 15 is 0 Å².